The van der Waals surface area contributed by atoms with Gasteiger partial charge in [-0.3, -0.25) is 14.8 Å². The summed E-state index contributed by atoms with van der Waals surface area (Å²) in [4.78, 5) is 14.6. The number of hydrogen-bond acceptors (Lipinski definition) is 4. The zero-order valence-corrected chi connectivity index (χ0v) is 17.3. The zero-order chi connectivity index (χ0) is 21.5. The van der Waals surface area contributed by atoms with E-state index in [1.54, 1.807) is 12.1 Å². The van der Waals surface area contributed by atoms with E-state index in [0.29, 0.717) is 24.2 Å². The largest absolute Gasteiger partial charge is 0.374 e. The summed E-state index contributed by atoms with van der Waals surface area (Å²) in [7, 11) is 0. The van der Waals surface area contributed by atoms with Crippen LogP contribution in [0, 0.1) is 6.92 Å². The topological polar surface area (TPSA) is 69.2 Å². The molecule has 0 saturated heterocycles. The van der Waals surface area contributed by atoms with Gasteiger partial charge in [0.15, 0.2) is 5.78 Å². The average molecular weight is 409 g/mol. The van der Waals surface area contributed by atoms with Crippen LogP contribution in [0.3, 0.4) is 0 Å². The summed E-state index contributed by atoms with van der Waals surface area (Å²) in [5, 5.41) is 19.4. The number of aromatic nitrogens is 2. The lowest BCUT2D eigenvalue weighted by Crippen LogP contribution is -2.26. The molecule has 1 aliphatic rings. The number of aryl methyl sites for hydroxylation is 1. The molecule has 2 N–H and O–H groups in total. The molecule has 1 aliphatic heterocycles. The number of benzene rings is 3. The zero-order valence-electron chi connectivity index (χ0n) is 17.3. The van der Waals surface area contributed by atoms with Crippen molar-refractivity contribution in [1.82, 2.24) is 15.1 Å². The van der Waals surface area contributed by atoms with Gasteiger partial charge >= 0.3 is 0 Å². The number of rotatable bonds is 5. The normalized spacial score (nSPS) is 15.9. The summed E-state index contributed by atoms with van der Waals surface area (Å²) in [5.74, 6) is -0.0927. The van der Waals surface area contributed by atoms with Crippen LogP contribution < -0.4 is 0 Å². The Morgan fingerprint density at radius 3 is 2.77 bits per heavy atom. The van der Waals surface area contributed by atoms with Crippen LogP contribution in [-0.2, 0) is 6.54 Å². The second-order valence-electron chi connectivity index (χ2n) is 8.03. The van der Waals surface area contributed by atoms with Crippen molar-refractivity contribution in [2.75, 3.05) is 6.54 Å². The maximum Gasteiger partial charge on any atom is 0.189 e. The molecule has 0 bridgehead atoms. The molecule has 0 aliphatic carbocycles. The number of ketones is 1. The van der Waals surface area contributed by atoms with E-state index in [4.69, 9.17) is 0 Å². The molecule has 1 aromatic heterocycles. The molecule has 0 spiro atoms. The lowest BCUT2D eigenvalue weighted by Gasteiger charge is -2.21. The summed E-state index contributed by atoms with van der Waals surface area (Å²) in [6.45, 7) is 6.87. The Morgan fingerprint density at radius 1 is 1.16 bits per heavy atom. The first-order valence-corrected chi connectivity index (χ1v) is 10.3. The number of hydrogen-bond donors (Lipinski definition) is 2. The van der Waals surface area contributed by atoms with Crippen LogP contribution in [0.1, 0.15) is 33.4 Å². The van der Waals surface area contributed by atoms with Crippen LogP contribution in [0.15, 0.2) is 78.9 Å². The van der Waals surface area contributed by atoms with E-state index >= 15 is 0 Å². The van der Waals surface area contributed by atoms with Gasteiger partial charge in [0.05, 0.1) is 5.52 Å². The van der Waals surface area contributed by atoms with Crippen LogP contribution in [0.4, 0.5) is 0 Å². The summed E-state index contributed by atoms with van der Waals surface area (Å²) in [6.07, 6.45) is -0.769. The molecule has 5 heteroatoms. The third-order valence-corrected chi connectivity index (χ3v) is 6.00. The Morgan fingerprint density at radius 2 is 1.97 bits per heavy atom. The fourth-order valence-electron chi connectivity index (χ4n) is 4.34. The number of fused-ring (bicyclic) bond motifs is 2. The third kappa shape index (κ3) is 3.38. The van der Waals surface area contributed by atoms with Gasteiger partial charge in [0.25, 0.3) is 0 Å². The highest BCUT2D eigenvalue weighted by molar-refractivity contribution is 6.08. The summed E-state index contributed by atoms with van der Waals surface area (Å²) in [6, 6.07) is 21.3. The van der Waals surface area contributed by atoms with Crippen molar-refractivity contribution in [2.24, 2.45) is 0 Å². The molecule has 3 aromatic carbocycles. The van der Waals surface area contributed by atoms with E-state index in [2.05, 4.69) is 35.0 Å². The van der Waals surface area contributed by atoms with Crippen molar-refractivity contribution < 1.29 is 9.90 Å². The summed E-state index contributed by atoms with van der Waals surface area (Å²) < 4.78 is 0. The van der Waals surface area contributed by atoms with Crippen molar-refractivity contribution in [2.45, 2.75) is 19.7 Å². The molecule has 0 fully saturated rings. The number of H-pyrrole nitrogens is 1. The van der Waals surface area contributed by atoms with Gasteiger partial charge in [-0.25, -0.2) is 0 Å². The van der Waals surface area contributed by atoms with Gasteiger partial charge in [-0.15, -0.1) is 0 Å². The van der Waals surface area contributed by atoms with Gasteiger partial charge in [-0.05, 0) is 35.7 Å². The minimum Gasteiger partial charge on any atom is -0.374 e. The molecule has 154 valence electrons. The Balaban J connectivity index is 1.43. The fraction of sp³-hybridized carbons (Fsp3) is 0.154. The number of carbonyl (C=O) groups excluding carboxylic acids is 1. The Bertz CT molecular complexity index is 1310. The van der Waals surface area contributed by atoms with Crippen LogP contribution in [-0.4, -0.2) is 32.5 Å². The van der Waals surface area contributed by atoms with E-state index in [1.165, 1.54) is 0 Å². The maximum absolute atomic E-state index is 12.7. The van der Waals surface area contributed by atoms with Gasteiger partial charge in [-0.1, -0.05) is 61.2 Å². The quantitative estimate of drug-likeness (QED) is 0.368. The molecule has 1 unspecified atom stereocenters. The van der Waals surface area contributed by atoms with E-state index < -0.39 is 6.23 Å². The number of aliphatic hydroxyl groups excluding tert-OH is 1. The second kappa shape index (κ2) is 7.61. The number of aliphatic hydroxyl groups is 1. The van der Waals surface area contributed by atoms with Gasteiger partial charge in [0.1, 0.15) is 6.23 Å². The summed E-state index contributed by atoms with van der Waals surface area (Å²) in [5.41, 5.74) is 7.17. The van der Waals surface area contributed by atoms with Crippen molar-refractivity contribution in [3.8, 4) is 11.1 Å². The van der Waals surface area contributed by atoms with Crippen molar-refractivity contribution >= 4 is 16.7 Å². The number of aromatic amines is 1. The average Bonchev–Trinajstić information content (AvgIpc) is 3.33. The van der Waals surface area contributed by atoms with E-state index in [1.807, 2.05) is 48.2 Å². The SMILES string of the molecule is C=C(CN1Cc2c(-c3ccc4n[nH]c(C)c4c3)cccc2C1O)C(=O)c1ccccc1. The fourth-order valence-corrected chi connectivity index (χ4v) is 4.34. The van der Waals surface area contributed by atoms with Crippen LogP contribution in [0.2, 0.25) is 0 Å². The third-order valence-electron chi connectivity index (χ3n) is 6.00. The van der Waals surface area contributed by atoms with Crippen LogP contribution >= 0.6 is 0 Å². The van der Waals surface area contributed by atoms with Gasteiger partial charge < -0.3 is 5.11 Å². The highest BCUT2D eigenvalue weighted by atomic mass is 16.3. The minimum atomic E-state index is -0.769. The van der Waals surface area contributed by atoms with Crippen molar-refractivity contribution in [1.29, 1.82) is 0 Å². The predicted molar refractivity (Wildman–Crippen MR) is 122 cm³/mol. The number of carbonyl (C=O) groups is 1. The Kier molecular flexibility index (Phi) is 4.77. The predicted octanol–water partition coefficient (Wildman–Crippen LogP) is 4.78. The van der Waals surface area contributed by atoms with Gasteiger partial charge in [0.2, 0.25) is 0 Å². The van der Waals surface area contributed by atoms with Crippen LogP contribution in [0.25, 0.3) is 22.0 Å². The van der Waals surface area contributed by atoms with Crippen molar-refractivity contribution in [3.63, 3.8) is 0 Å². The maximum atomic E-state index is 12.7. The number of Topliss-reactive ketones (excluding diaryl/α,β-unsaturated/α-hetero) is 1. The number of nitrogens with one attached hydrogen (secondary N) is 1. The molecule has 2 heterocycles. The Hall–Kier alpha value is -3.54. The van der Waals surface area contributed by atoms with Gasteiger partial charge in [0, 0.05) is 40.9 Å². The molecular formula is C26H23N3O2. The smallest absolute Gasteiger partial charge is 0.189 e. The second-order valence-corrected chi connectivity index (χ2v) is 8.03. The molecule has 0 amide bonds. The summed E-state index contributed by atoms with van der Waals surface area (Å²) >= 11 is 0. The van der Waals surface area contributed by atoms with E-state index in [-0.39, 0.29) is 5.78 Å². The molecular weight excluding hydrogens is 386 g/mol. The number of nitrogens with zero attached hydrogens (tertiary/aromatic N) is 2. The lowest BCUT2D eigenvalue weighted by atomic mass is 9.96. The van der Waals surface area contributed by atoms with E-state index in [0.717, 1.165) is 38.9 Å². The first-order chi connectivity index (χ1) is 15.0. The first kappa shape index (κ1) is 19.4. The standard InChI is InChI=1S/C26H23N3O2/c1-16(25(30)18-7-4-3-5-8-18)14-29-15-23-20(9-6-10-21(23)26(29)31)19-11-12-24-22(13-19)17(2)27-28-24/h3-13,26,31H,1,14-15H2,2H3,(H,27,28). The first-order valence-electron chi connectivity index (χ1n) is 10.3. The van der Waals surface area contributed by atoms with Gasteiger partial charge in [-0.2, -0.15) is 5.10 Å². The molecule has 0 saturated carbocycles. The molecule has 5 nitrogen and oxygen atoms in total. The Labute approximate surface area is 180 Å². The van der Waals surface area contributed by atoms with E-state index in [9.17, 15) is 9.90 Å². The van der Waals surface area contributed by atoms with Crippen LogP contribution in [0.5, 0.6) is 0 Å². The van der Waals surface area contributed by atoms with Crippen molar-refractivity contribution in [3.05, 3.63) is 101 Å². The minimum absolute atomic E-state index is 0.0927. The highest BCUT2D eigenvalue weighted by Gasteiger charge is 2.31. The molecule has 0 radical (unpaired) electrons. The highest BCUT2D eigenvalue weighted by Crippen LogP contribution is 2.39. The molecule has 31 heavy (non-hydrogen) atoms. The molecule has 1 atom stereocenters. The lowest BCUT2D eigenvalue weighted by molar-refractivity contribution is 0.0204. The molecule has 4 aromatic rings. The molecule has 5 rings (SSSR count). The monoisotopic (exact) mass is 409 g/mol.